The molecule has 6 nitrogen and oxygen atoms in total. The molecule has 0 bridgehead atoms. The van der Waals surface area contributed by atoms with E-state index in [1.165, 1.54) is 36.3 Å². The third-order valence-electron chi connectivity index (χ3n) is 2.10. The maximum absolute atomic E-state index is 12.1. The molecule has 0 radical (unpaired) electrons. The van der Waals surface area contributed by atoms with Gasteiger partial charge in [0.2, 0.25) is 0 Å². The standard InChI is InChI=1S/C9H8BrClN4O2S/c1-15-8(2-3-13-15)18(16,17)14-7-4-6(10)5-12-9(7)11/h2-5,14H,1H3. The van der Waals surface area contributed by atoms with E-state index in [2.05, 4.69) is 30.7 Å². The molecular weight excluding hydrogens is 344 g/mol. The Morgan fingerprint density at radius 3 is 2.83 bits per heavy atom. The molecule has 0 unspecified atom stereocenters. The van der Waals surface area contributed by atoms with Gasteiger partial charge in [0.15, 0.2) is 10.2 Å². The minimum atomic E-state index is -3.73. The van der Waals surface area contributed by atoms with Crippen molar-refractivity contribution < 1.29 is 8.42 Å². The molecule has 0 aromatic carbocycles. The van der Waals surface area contributed by atoms with Crippen LogP contribution in [0.2, 0.25) is 5.15 Å². The van der Waals surface area contributed by atoms with Crippen molar-refractivity contribution in [3.8, 4) is 0 Å². The lowest BCUT2D eigenvalue weighted by atomic mass is 10.4. The molecule has 0 aliphatic heterocycles. The maximum atomic E-state index is 12.1. The zero-order chi connectivity index (χ0) is 13.3. The van der Waals surface area contributed by atoms with Crippen LogP contribution in [0.5, 0.6) is 0 Å². The predicted octanol–water partition coefficient (Wildman–Crippen LogP) is 2.03. The van der Waals surface area contributed by atoms with Gasteiger partial charge < -0.3 is 0 Å². The van der Waals surface area contributed by atoms with E-state index in [-0.39, 0.29) is 15.9 Å². The van der Waals surface area contributed by atoms with Crippen molar-refractivity contribution in [1.29, 1.82) is 0 Å². The minimum Gasteiger partial charge on any atom is -0.275 e. The molecule has 96 valence electrons. The molecule has 2 aromatic rings. The van der Waals surface area contributed by atoms with Crippen LogP contribution >= 0.6 is 27.5 Å². The zero-order valence-electron chi connectivity index (χ0n) is 9.13. The highest BCUT2D eigenvalue weighted by molar-refractivity contribution is 9.10. The van der Waals surface area contributed by atoms with Crippen molar-refractivity contribution in [3.05, 3.63) is 34.2 Å². The molecule has 1 N–H and O–H groups in total. The van der Waals surface area contributed by atoms with Gasteiger partial charge in [-0.25, -0.2) is 4.98 Å². The fraction of sp³-hybridized carbons (Fsp3) is 0.111. The maximum Gasteiger partial charge on any atom is 0.279 e. The topological polar surface area (TPSA) is 76.9 Å². The average molecular weight is 352 g/mol. The average Bonchev–Trinajstić information content (AvgIpc) is 2.70. The molecule has 0 aliphatic rings. The minimum absolute atomic E-state index is 0.0403. The van der Waals surface area contributed by atoms with Gasteiger partial charge >= 0.3 is 0 Å². The number of sulfonamides is 1. The van der Waals surface area contributed by atoms with Crippen LogP contribution in [0.15, 0.2) is 34.0 Å². The van der Waals surface area contributed by atoms with Gasteiger partial charge in [-0.2, -0.15) is 13.5 Å². The summed E-state index contributed by atoms with van der Waals surface area (Å²) in [5.74, 6) is 0. The van der Waals surface area contributed by atoms with Gasteiger partial charge in [-0.15, -0.1) is 0 Å². The summed E-state index contributed by atoms with van der Waals surface area (Å²) in [7, 11) is -2.20. The zero-order valence-corrected chi connectivity index (χ0v) is 12.3. The second kappa shape index (κ2) is 4.87. The first-order valence-corrected chi connectivity index (χ1v) is 7.37. The van der Waals surface area contributed by atoms with Crippen LogP contribution < -0.4 is 4.72 Å². The van der Waals surface area contributed by atoms with Crippen molar-refractivity contribution in [1.82, 2.24) is 14.8 Å². The van der Waals surface area contributed by atoms with Gasteiger partial charge in [0.1, 0.15) is 0 Å². The number of rotatable bonds is 3. The highest BCUT2D eigenvalue weighted by Crippen LogP contribution is 2.25. The molecule has 2 rings (SSSR count). The summed E-state index contributed by atoms with van der Waals surface area (Å²) in [4.78, 5) is 3.84. The molecule has 0 spiro atoms. The number of aromatic nitrogens is 3. The fourth-order valence-corrected chi connectivity index (χ4v) is 3.04. The van der Waals surface area contributed by atoms with Gasteiger partial charge in [-0.05, 0) is 28.1 Å². The molecule has 0 fully saturated rings. The molecule has 2 heterocycles. The first kappa shape index (κ1) is 13.3. The molecule has 0 saturated carbocycles. The summed E-state index contributed by atoms with van der Waals surface area (Å²) >= 11 is 9.02. The lowest BCUT2D eigenvalue weighted by Gasteiger charge is -2.09. The van der Waals surface area contributed by atoms with Gasteiger partial charge in [0.05, 0.1) is 11.9 Å². The molecule has 0 aliphatic carbocycles. The SMILES string of the molecule is Cn1nccc1S(=O)(=O)Nc1cc(Br)cnc1Cl. The van der Waals surface area contributed by atoms with Crippen molar-refractivity contribution in [2.75, 3.05) is 4.72 Å². The van der Waals surface area contributed by atoms with Crippen LogP contribution in [0.1, 0.15) is 0 Å². The summed E-state index contributed by atoms with van der Waals surface area (Å²) in [5.41, 5.74) is 0.201. The fourth-order valence-electron chi connectivity index (χ4n) is 1.32. The summed E-state index contributed by atoms with van der Waals surface area (Å²) in [6.07, 6.45) is 2.87. The van der Waals surface area contributed by atoms with E-state index in [4.69, 9.17) is 11.6 Å². The lowest BCUT2D eigenvalue weighted by molar-refractivity contribution is 0.582. The number of aryl methyl sites for hydroxylation is 1. The van der Waals surface area contributed by atoms with Crippen molar-refractivity contribution >= 4 is 43.2 Å². The number of nitrogens with zero attached hydrogens (tertiary/aromatic N) is 3. The first-order valence-electron chi connectivity index (χ1n) is 4.72. The monoisotopic (exact) mass is 350 g/mol. The summed E-state index contributed by atoms with van der Waals surface area (Å²) in [5, 5.41) is 3.92. The van der Waals surface area contributed by atoms with E-state index in [1.54, 1.807) is 0 Å². The van der Waals surface area contributed by atoms with E-state index in [0.717, 1.165) is 0 Å². The Labute approximate surface area is 117 Å². The number of pyridine rings is 1. The van der Waals surface area contributed by atoms with E-state index in [9.17, 15) is 8.42 Å². The normalized spacial score (nSPS) is 11.5. The second-order valence-corrected chi connectivity index (χ2v) is 6.29. The van der Waals surface area contributed by atoms with Crippen LogP contribution in [0.25, 0.3) is 0 Å². The van der Waals surface area contributed by atoms with E-state index >= 15 is 0 Å². The van der Waals surface area contributed by atoms with Crippen LogP contribution in [0.4, 0.5) is 5.69 Å². The Morgan fingerprint density at radius 2 is 2.22 bits per heavy atom. The Bertz CT molecular complexity index is 686. The Balaban J connectivity index is 2.40. The number of hydrogen-bond acceptors (Lipinski definition) is 4. The Hall–Kier alpha value is -1.12. The molecular formula is C9H8BrClN4O2S. The summed E-state index contributed by atoms with van der Waals surface area (Å²) < 4.78 is 28.4. The first-order chi connectivity index (χ1) is 8.40. The van der Waals surface area contributed by atoms with Crippen LogP contribution in [-0.2, 0) is 17.1 Å². The van der Waals surface area contributed by atoms with E-state index < -0.39 is 10.0 Å². The van der Waals surface area contributed by atoms with Gasteiger partial charge in [0, 0.05) is 17.7 Å². The molecule has 9 heteroatoms. The smallest absolute Gasteiger partial charge is 0.275 e. The quantitative estimate of drug-likeness (QED) is 0.858. The number of nitrogens with one attached hydrogen (secondary N) is 1. The van der Waals surface area contributed by atoms with Crippen molar-refractivity contribution in [2.45, 2.75) is 5.03 Å². The van der Waals surface area contributed by atoms with Crippen LogP contribution in [0, 0.1) is 0 Å². The third kappa shape index (κ3) is 2.65. The van der Waals surface area contributed by atoms with E-state index in [1.807, 2.05) is 0 Å². The van der Waals surface area contributed by atoms with Crippen LogP contribution in [-0.4, -0.2) is 23.2 Å². The Kier molecular flexibility index (Phi) is 3.60. The number of halogens is 2. The van der Waals surface area contributed by atoms with Gasteiger partial charge in [-0.3, -0.25) is 9.40 Å². The lowest BCUT2D eigenvalue weighted by Crippen LogP contribution is -2.17. The van der Waals surface area contributed by atoms with Gasteiger partial charge in [-0.1, -0.05) is 11.6 Å². The van der Waals surface area contributed by atoms with Crippen molar-refractivity contribution in [2.24, 2.45) is 7.05 Å². The number of hydrogen-bond donors (Lipinski definition) is 1. The van der Waals surface area contributed by atoms with Gasteiger partial charge in [0.25, 0.3) is 10.0 Å². The molecule has 18 heavy (non-hydrogen) atoms. The Morgan fingerprint density at radius 1 is 1.50 bits per heavy atom. The van der Waals surface area contributed by atoms with Crippen LogP contribution in [0.3, 0.4) is 0 Å². The molecule has 2 aromatic heterocycles. The largest absolute Gasteiger partial charge is 0.279 e. The molecule has 0 amide bonds. The van der Waals surface area contributed by atoms with Crippen molar-refractivity contribution in [3.63, 3.8) is 0 Å². The summed E-state index contributed by atoms with van der Waals surface area (Å²) in [6.45, 7) is 0. The van der Waals surface area contributed by atoms with E-state index in [0.29, 0.717) is 4.47 Å². The number of anilines is 1. The highest BCUT2D eigenvalue weighted by atomic mass is 79.9. The molecule has 0 atom stereocenters. The predicted molar refractivity (Wildman–Crippen MR) is 71.0 cm³/mol. The third-order valence-corrected chi connectivity index (χ3v) is 4.28. The summed E-state index contributed by atoms with van der Waals surface area (Å²) in [6, 6.07) is 2.92. The molecule has 0 saturated heterocycles. The second-order valence-electron chi connectivity index (χ2n) is 3.39. The highest BCUT2D eigenvalue weighted by Gasteiger charge is 2.19.